The zero-order chi connectivity index (χ0) is 20.3. The van der Waals surface area contributed by atoms with E-state index >= 15 is 0 Å². The fourth-order valence-electron chi connectivity index (χ4n) is 2.97. The molecule has 0 spiro atoms. The fraction of sp³-hybridized carbons (Fsp3) is 0.250. The maximum atomic E-state index is 13.1. The molecule has 0 aliphatic heterocycles. The summed E-state index contributed by atoms with van der Waals surface area (Å²) >= 11 is 0. The molecular weight excluding hydrogens is 380 g/mol. The molecule has 0 fully saturated rings. The number of rotatable bonds is 7. The zero-order valence-electron chi connectivity index (χ0n) is 16.1. The van der Waals surface area contributed by atoms with E-state index in [1.807, 2.05) is 6.92 Å². The van der Waals surface area contributed by atoms with Crippen LogP contribution in [0.15, 0.2) is 51.9 Å². The van der Waals surface area contributed by atoms with Gasteiger partial charge in [-0.2, -0.15) is 0 Å². The van der Waals surface area contributed by atoms with Gasteiger partial charge in [-0.05, 0) is 50.6 Å². The van der Waals surface area contributed by atoms with E-state index in [0.29, 0.717) is 35.1 Å². The van der Waals surface area contributed by atoms with Crippen molar-refractivity contribution in [2.45, 2.75) is 25.7 Å². The molecule has 0 aliphatic rings. The summed E-state index contributed by atoms with van der Waals surface area (Å²) in [7, 11) is -2.51. The van der Waals surface area contributed by atoms with E-state index in [0.717, 1.165) is 5.56 Å². The Balaban J connectivity index is 2.07. The SMILES string of the molecule is CCOc1ccccc1NS(=O)(=O)c1cc(-c2c(C)noc2C)ccc1OC. The molecule has 1 N–H and O–H groups in total. The number of para-hydroxylation sites is 2. The molecule has 0 amide bonds. The summed E-state index contributed by atoms with van der Waals surface area (Å²) in [4.78, 5) is 0.0128. The monoisotopic (exact) mass is 402 g/mol. The molecule has 7 nitrogen and oxygen atoms in total. The molecule has 0 aliphatic carbocycles. The number of aromatic nitrogens is 1. The quantitative estimate of drug-likeness (QED) is 0.638. The van der Waals surface area contributed by atoms with Crippen LogP contribution in [0.25, 0.3) is 11.1 Å². The Labute approximate surface area is 164 Å². The largest absolute Gasteiger partial charge is 0.495 e. The highest BCUT2D eigenvalue weighted by atomic mass is 32.2. The molecule has 3 aromatic rings. The molecule has 0 saturated carbocycles. The Morgan fingerprint density at radius 3 is 2.50 bits per heavy atom. The Hall–Kier alpha value is -3.00. The topological polar surface area (TPSA) is 90.7 Å². The van der Waals surface area contributed by atoms with Gasteiger partial charge in [0.2, 0.25) is 0 Å². The zero-order valence-corrected chi connectivity index (χ0v) is 17.0. The first-order chi connectivity index (χ1) is 13.4. The molecule has 8 heteroatoms. The molecular formula is C20H22N2O5S. The second kappa shape index (κ2) is 7.93. The lowest BCUT2D eigenvalue weighted by atomic mass is 10.0. The van der Waals surface area contributed by atoms with Crippen LogP contribution in [0.3, 0.4) is 0 Å². The Kier molecular flexibility index (Phi) is 5.60. The van der Waals surface area contributed by atoms with Crippen LogP contribution in [0.5, 0.6) is 11.5 Å². The molecule has 0 unspecified atom stereocenters. The van der Waals surface area contributed by atoms with Crippen LogP contribution < -0.4 is 14.2 Å². The van der Waals surface area contributed by atoms with Crippen molar-refractivity contribution in [2.24, 2.45) is 0 Å². The van der Waals surface area contributed by atoms with Crippen LogP contribution in [0.1, 0.15) is 18.4 Å². The van der Waals surface area contributed by atoms with Crippen molar-refractivity contribution >= 4 is 15.7 Å². The second-order valence-electron chi connectivity index (χ2n) is 6.10. The van der Waals surface area contributed by atoms with Crippen molar-refractivity contribution in [3.8, 4) is 22.6 Å². The van der Waals surface area contributed by atoms with Crippen molar-refractivity contribution in [3.63, 3.8) is 0 Å². The van der Waals surface area contributed by atoms with E-state index in [9.17, 15) is 8.42 Å². The van der Waals surface area contributed by atoms with Gasteiger partial charge in [-0.15, -0.1) is 0 Å². The van der Waals surface area contributed by atoms with Crippen molar-refractivity contribution in [2.75, 3.05) is 18.4 Å². The highest BCUT2D eigenvalue weighted by Crippen LogP contribution is 2.35. The number of benzene rings is 2. The lowest BCUT2D eigenvalue weighted by molar-refractivity contribution is 0.342. The average Bonchev–Trinajstić information content (AvgIpc) is 3.01. The standard InChI is InChI=1S/C20H22N2O5S/c1-5-26-17-9-7-6-8-16(17)22-28(23,24)19-12-15(10-11-18(19)25-4)20-13(2)21-27-14(20)3/h6-12,22H,5H2,1-4H3. The van der Waals surface area contributed by atoms with Crippen LogP contribution in [0.4, 0.5) is 5.69 Å². The fourth-order valence-corrected chi connectivity index (χ4v) is 4.24. The molecule has 148 valence electrons. The summed E-state index contributed by atoms with van der Waals surface area (Å²) in [5.74, 6) is 1.30. The van der Waals surface area contributed by atoms with E-state index in [1.54, 1.807) is 56.3 Å². The second-order valence-corrected chi connectivity index (χ2v) is 7.75. The van der Waals surface area contributed by atoms with Crippen molar-refractivity contribution in [3.05, 3.63) is 53.9 Å². The normalized spacial score (nSPS) is 11.3. The van der Waals surface area contributed by atoms with Crippen LogP contribution in [-0.2, 0) is 10.0 Å². The lowest BCUT2D eigenvalue weighted by Gasteiger charge is -2.15. The van der Waals surface area contributed by atoms with Gasteiger partial charge < -0.3 is 14.0 Å². The highest BCUT2D eigenvalue weighted by molar-refractivity contribution is 7.92. The summed E-state index contributed by atoms with van der Waals surface area (Å²) in [6.45, 7) is 5.84. The first-order valence-corrected chi connectivity index (χ1v) is 10.2. The summed E-state index contributed by atoms with van der Waals surface area (Å²) < 4.78 is 44.9. The maximum absolute atomic E-state index is 13.1. The number of nitrogens with one attached hydrogen (secondary N) is 1. The Bertz CT molecular complexity index is 1070. The van der Waals surface area contributed by atoms with Gasteiger partial charge in [0.15, 0.2) is 0 Å². The number of nitrogens with zero attached hydrogens (tertiary/aromatic N) is 1. The van der Waals surface area contributed by atoms with E-state index in [4.69, 9.17) is 14.0 Å². The number of hydrogen-bond donors (Lipinski definition) is 1. The van der Waals surface area contributed by atoms with Crippen LogP contribution >= 0.6 is 0 Å². The minimum absolute atomic E-state index is 0.0128. The molecule has 28 heavy (non-hydrogen) atoms. The average molecular weight is 402 g/mol. The molecule has 0 saturated heterocycles. The third-order valence-electron chi connectivity index (χ3n) is 4.21. The van der Waals surface area contributed by atoms with Gasteiger partial charge in [-0.3, -0.25) is 4.72 Å². The maximum Gasteiger partial charge on any atom is 0.265 e. The van der Waals surface area contributed by atoms with Gasteiger partial charge in [0.25, 0.3) is 10.0 Å². The van der Waals surface area contributed by atoms with Crippen molar-refractivity contribution in [1.29, 1.82) is 0 Å². The highest BCUT2D eigenvalue weighted by Gasteiger charge is 2.23. The molecule has 1 heterocycles. The van der Waals surface area contributed by atoms with Crippen LogP contribution in [0, 0.1) is 13.8 Å². The van der Waals surface area contributed by atoms with Gasteiger partial charge in [0, 0.05) is 5.56 Å². The third kappa shape index (κ3) is 3.82. The molecule has 2 aromatic carbocycles. The van der Waals surface area contributed by atoms with Gasteiger partial charge >= 0.3 is 0 Å². The number of methoxy groups -OCH3 is 1. The lowest BCUT2D eigenvalue weighted by Crippen LogP contribution is -2.15. The molecule has 3 rings (SSSR count). The third-order valence-corrected chi connectivity index (χ3v) is 5.59. The summed E-state index contributed by atoms with van der Waals surface area (Å²) in [5, 5.41) is 3.94. The number of ether oxygens (including phenoxy) is 2. The number of anilines is 1. The Morgan fingerprint density at radius 2 is 1.86 bits per heavy atom. The Morgan fingerprint density at radius 1 is 1.11 bits per heavy atom. The van der Waals surface area contributed by atoms with E-state index < -0.39 is 10.0 Å². The predicted molar refractivity (Wildman–Crippen MR) is 106 cm³/mol. The minimum atomic E-state index is -3.94. The van der Waals surface area contributed by atoms with Gasteiger partial charge in [0.1, 0.15) is 22.2 Å². The van der Waals surface area contributed by atoms with Crippen molar-refractivity contribution in [1.82, 2.24) is 5.16 Å². The van der Waals surface area contributed by atoms with Crippen LogP contribution in [0.2, 0.25) is 0 Å². The summed E-state index contributed by atoms with van der Waals surface area (Å²) in [6.07, 6.45) is 0. The van der Waals surface area contributed by atoms with Gasteiger partial charge in [-0.25, -0.2) is 8.42 Å². The molecule has 0 bridgehead atoms. The van der Waals surface area contributed by atoms with Gasteiger partial charge in [-0.1, -0.05) is 23.4 Å². The van der Waals surface area contributed by atoms with E-state index in [-0.39, 0.29) is 10.6 Å². The summed E-state index contributed by atoms with van der Waals surface area (Å²) in [6, 6.07) is 11.8. The number of hydrogen-bond acceptors (Lipinski definition) is 6. The van der Waals surface area contributed by atoms with Crippen molar-refractivity contribution < 1.29 is 22.4 Å². The van der Waals surface area contributed by atoms with E-state index in [2.05, 4.69) is 9.88 Å². The first-order valence-electron chi connectivity index (χ1n) is 8.73. The number of sulfonamides is 1. The smallest absolute Gasteiger partial charge is 0.265 e. The molecule has 0 atom stereocenters. The first kappa shape index (κ1) is 19.8. The van der Waals surface area contributed by atoms with E-state index in [1.165, 1.54) is 7.11 Å². The number of aryl methyl sites for hydroxylation is 2. The van der Waals surface area contributed by atoms with Gasteiger partial charge in [0.05, 0.1) is 25.1 Å². The minimum Gasteiger partial charge on any atom is -0.495 e. The molecule has 1 aromatic heterocycles. The van der Waals surface area contributed by atoms with Crippen LogP contribution in [-0.4, -0.2) is 27.3 Å². The summed E-state index contributed by atoms with van der Waals surface area (Å²) in [5.41, 5.74) is 2.47. The predicted octanol–water partition coefficient (Wildman–Crippen LogP) is 4.17. The molecule has 0 radical (unpaired) electrons.